The molecule has 0 aromatic carbocycles. The molecule has 12 heavy (non-hydrogen) atoms. The average Bonchev–Trinajstić information content (AvgIpc) is 2.01. The zero-order chi connectivity index (χ0) is 8.13. The van der Waals surface area contributed by atoms with Crippen molar-refractivity contribution in [2.45, 2.75) is 25.2 Å². The van der Waals surface area contributed by atoms with Crippen LogP contribution in [0.25, 0.3) is 0 Å². The molecule has 0 radical (unpaired) electrons. The van der Waals surface area contributed by atoms with E-state index in [1.807, 2.05) is 6.20 Å². The van der Waals surface area contributed by atoms with Gasteiger partial charge in [-0.15, -0.1) is 0 Å². The summed E-state index contributed by atoms with van der Waals surface area (Å²) in [4.78, 5) is 13.8. The lowest BCUT2D eigenvalue weighted by Crippen LogP contribution is -2.31. The first-order valence-electron chi connectivity index (χ1n) is 4.54. The Labute approximate surface area is 70.6 Å². The van der Waals surface area contributed by atoms with E-state index in [0.717, 1.165) is 18.3 Å². The molecule has 4 rings (SSSR count). The Morgan fingerprint density at radius 1 is 1.42 bits per heavy atom. The minimum absolute atomic E-state index is 0.0510. The predicted molar refractivity (Wildman–Crippen MR) is 46.2 cm³/mol. The number of aromatic amines is 1. The van der Waals surface area contributed by atoms with Crippen LogP contribution in [0.3, 0.4) is 0 Å². The first-order chi connectivity index (χ1) is 5.83. The number of hydrogen-bond acceptors (Lipinski definition) is 1. The molecule has 2 bridgehead atoms. The first-order valence-corrected chi connectivity index (χ1v) is 4.54. The van der Waals surface area contributed by atoms with Gasteiger partial charge in [0.25, 0.3) is 0 Å². The van der Waals surface area contributed by atoms with Crippen molar-refractivity contribution in [3.63, 3.8) is 0 Å². The van der Waals surface area contributed by atoms with Crippen molar-refractivity contribution < 1.29 is 0 Å². The Morgan fingerprint density at radius 3 is 3.08 bits per heavy atom. The molecule has 1 fully saturated rings. The molecule has 2 nitrogen and oxygen atoms in total. The van der Waals surface area contributed by atoms with Crippen LogP contribution in [0.1, 0.15) is 29.9 Å². The van der Waals surface area contributed by atoms with Crippen LogP contribution in [0.2, 0.25) is 0 Å². The number of H-pyrrole nitrogens is 1. The van der Waals surface area contributed by atoms with E-state index in [0.29, 0.717) is 0 Å². The first kappa shape index (κ1) is 6.46. The number of nitrogens with one attached hydrogen (secondary N) is 1. The molecule has 1 heterocycles. The van der Waals surface area contributed by atoms with Crippen LogP contribution in [0.15, 0.2) is 17.1 Å². The highest BCUT2D eigenvalue weighted by atomic mass is 16.1. The molecule has 0 saturated heterocycles. The zero-order valence-electron chi connectivity index (χ0n) is 6.84. The fourth-order valence-corrected chi connectivity index (χ4v) is 2.55. The van der Waals surface area contributed by atoms with E-state index in [1.54, 1.807) is 6.07 Å². The second-order valence-electron chi connectivity index (χ2n) is 4.02. The Balaban J connectivity index is 2.20. The van der Waals surface area contributed by atoms with Gasteiger partial charge in [0.1, 0.15) is 0 Å². The smallest absolute Gasteiger partial charge is 0.248 e. The molecule has 2 heteroatoms. The fraction of sp³-hybridized carbons (Fsp3) is 0.500. The molecule has 1 aromatic rings. The summed E-state index contributed by atoms with van der Waals surface area (Å²) in [5.74, 6) is 1.64. The largest absolute Gasteiger partial charge is 0.329 e. The Morgan fingerprint density at radius 2 is 2.25 bits per heavy atom. The van der Waals surface area contributed by atoms with E-state index in [9.17, 15) is 4.79 Å². The van der Waals surface area contributed by atoms with Crippen LogP contribution in [0.4, 0.5) is 0 Å². The van der Waals surface area contributed by atoms with Crippen LogP contribution < -0.4 is 5.56 Å². The lowest BCUT2D eigenvalue weighted by molar-refractivity contribution is 0.237. The maximum absolute atomic E-state index is 11.0. The quantitative estimate of drug-likeness (QED) is 0.613. The van der Waals surface area contributed by atoms with E-state index in [4.69, 9.17) is 0 Å². The number of rotatable bonds is 0. The van der Waals surface area contributed by atoms with Gasteiger partial charge in [0.2, 0.25) is 5.56 Å². The molecule has 0 atom stereocenters. The number of pyridine rings is 1. The summed E-state index contributed by atoms with van der Waals surface area (Å²) in [5, 5.41) is 0. The van der Waals surface area contributed by atoms with Crippen molar-refractivity contribution in [3.8, 4) is 0 Å². The lowest BCUT2D eigenvalue weighted by atomic mass is 9.63. The van der Waals surface area contributed by atoms with Gasteiger partial charge in [0.05, 0.1) is 0 Å². The lowest BCUT2D eigenvalue weighted by Gasteiger charge is -2.42. The van der Waals surface area contributed by atoms with E-state index in [2.05, 4.69) is 4.98 Å². The third-order valence-corrected chi connectivity index (χ3v) is 3.23. The molecule has 1 saturated carbocycles. The molecule has 3 aliphatic rings. The summed E-state index contributed by atoms with van der Waals surface area (Å²) in [7, 11) is 0. The highest BCUT2D eigenvalue weighted by molar-refractivity contribution is 5.33. The zero-order valence-corrected chi connectivity index (χ0v) is 6.84. The molecular formula is C10H11NO. The Hall–Kier alpha value is -1.05. The van der Waals surface area contributed by atoms with E-state index in [-0.39, 0.29) is 5.56 Å². The van der Waals surface area contributed by atoms with Gasteiger partial charge in [0.15, 0.2) is 0 Å². The number of aromatic nitrogens is 1. The normalized spacial score (nSPS) is 30.7. The van der Waals surface area contributed by atoms with Crippen molar-refractivity contribution in [2.24, 2.45) is 5.92 Å². The van der Waals surface area contributed by atoms with E-state index < -0.39 is 0 Å². The minimum Gasteiger partial charge on any atom is -0.329 e. The van der Waals surface area contributed by atoms with Gasteiger partial charge < -0.3 is 4.98 Å². The molecule has 0 aliphatic heterocycles. The summed E-state index contributed by atoms with van der Waals surface area (Å²) >= 11 is 0. The van der Waals surface area contributed by atoms with Crippen LogP contribution in [0, 0.1) is 5.92 Å². The van der Waals surface area contributed by atoms with Crippen molar-refractivity contribution in [2.75, 3.05) is 0 Å². The van der Waals surface area contributed by atoms with Gasteiger partial charge in [-0.05, 0) is 42.2 Å². The molecule has 0 spiro atoms. The summed E-state index contributed by atoms with van der Waals surface area (Å²) in [6.07, 6.45) is 5.74. The van der Waals surface area contributed by atoms with Crippen molar-refractivity contribution in [3.05, 3.63) is 33.7 Å². The van der Waals surface area contributed by atoms with Crippen LogP contribution in [0.5, 0.6) is 0 Å². The Kier molecular flexibility index (Phi) is 1.08. The van der Waals surface area contributed by atoms with Gasteiger partial charge in [0, 0.05) is 12.3 Å². The summed E-state index contributed by atoms with van der Waals surface area (Å²) < 4.78 is 0. The summed E-state index contributed by atoms with van der Waals surface area (Å²) in [6.45, 7) is 0. The molecule has 1 aromatic heterocycles. The second-order valence-corrected chi connectivity index (χ2v) is 4.02. The van der Waals surface area contributed by atoms with Gasteiger partial charge >= 0.3 is 0 Å². The molecule has 0 unspecified atom stereocenters. The van der Waals surface area contributed by atoms with Crippen LogP contribution in [-0.2, 0) is 6.42 Å². The summed E-state index contributed by atoms with van der Waals surface area (Å²) in [6, 6.07) is 1.77. The minimum atomic E-state index is 0.0510. The highest BCUT2D eigenvalue weighted by Gasteiger charge is 2.36. The van der Waals surface area contributed by atoms with Crippen molar-refractivity contribution in [1.82, 2.24) is 4.98 Å². The van der Waals surface area contributed by atoms with Crippen molar-refractivity contribution >= 4 is 0 Å². The summed E-state index contributed by atoms with van der Waals surface area (Å²) in [5.41, 5.74) is 2.75. The highest BCUT2D eigenvalue weighted by Crippen LogP contribution is 2.48. The van der Waals surface area contributed by atoms with Gasteiger partial charge in [-0.2, -0.15) is 0 Å². The fourth-order valence-electron chi connectivity index (χ4n) is 2.55. The molecule has 62 valence electrons. The molecular weight excluding hydrogens is 150 g/mol. The molecule has 3 aliphatic carbocycles. The van der Waals surface area contributed by atoms with Crippen LogP contribution >= 0.6 is 0 Å². The van der Waals surface area contributed by atoms with Crippen molar-refractivity contribution in [1.29, 1.82) is 0 Å². The third-order valence-electron chi connectivity index (χ3n) is 3.23. The van der Waals surface area contributed by atoms with Gasteiger partial charge in [-0.1, -0.05) is 0 Å². The standard InChI is InChI=1S/C10H11NO/c12-10-4-8-3-6-1-7(2-6)9(8)5-11-10/h4-7H,1-3H2,(H,11,12). The predicted octanol–water partition coefficient (Wildman–Crippen LogP) is 1.42. The van der Waals surface area contributed by atoms with Gasteiger partial charge in [-0.25, -0.2) is 0 Å². The maximum Gasteiger partial charge on any atom is 0.248 e. The average molecular weight is 161 g/mol. The Bertz CT molecular complexity index is 374. The monoisotopic (exact) mass is 161 g/mol. The number of hydrogen-bond donors (Lipinski definition) is 1. The topological polar surface area (TPSA) is 32.9 Å². The third kappa shape index (κ3) is 0.724. The molecule has 0 amide bonds. The second kappa shape index (κ2) is 2.00. The van der Waals surface area contributed by atoms with E-state index >= 15 is 0 Å². The van der Waals surface area contributed by atoms with Gasteiger partial charge in [-0.3, -0.25) is 4.79 Å². The maximum atomic E-state index is 11.0. The van der Waals surface area contributed by atoms with Crippen LogP contribution in [-0.4, -0.2) is 4.98 Å². The SMILES string of the molecule is O=c1cc2c(c[nH]1)C1CC(C2)C1. The molecule has 1 N–H and O–H groups in total. The van der Waals surface area contributed by atoms with E-state index in [1.165, 1.54) is 24.0 Å².